The van der Waals surface area contributed by atoms with Crippen LogP contribution >= 0.6 is 15.9 Å². The normalized spacial score (nSPS) is 25.5. The van der Waals surface area contributed by atoms with Crippen molar-refractivity contribution in [2.45, 2.75) is 18.4 Å². The molecule has 2 heterocycles. The van der Waals surface area contributed by atoms with Crippen molar-refractivity contribution in [3.8, 4) is 0 Å². The number of halogens is 1. The van der Waals surface area contributed by atoms with Gasteiger partial charge in [0.05, 0.1) is 12.0 Å². The van der Waals surface area contributed by atoms with E-state index in [1.54, 1.807) is 0 Å². The molecule has 0 spiro atoms. The lowest BCUT2D eigenvalue weighted by Crippen LogP contribution is -2.70. The van der Waals surface area contributed by atoms with Gasteiger partial charge >= 0.3 is 5.97 Å². The molecule has 4 nitrogen and oxygen atoms in total. The van der Waals surface area contributed by atoms with E-state index in [0.717, 1.165) is 32.6 Å². The van der Waals surface area contributed by atoms with Crippen molar-refractivity contribution in [1.29, 1.82) is 0 Å². The van der Waals surface area contributed by atoms with Crippen molar-refractivity contribution >= 4 is 21.9 Å². The fraction of sp³-hybridized carbons (Fsp3) is 0.700. The Bertz CT molecular complexity index is 300. The smallest absolute Gasteiger partial charge is 0.305 e. The molecule has 2 aliphatic rings. The molecule has 0 atom stereocenters. The van der Waals surface area contributed by atoms with Gasteiger partial charge in [-0.05, 0) is 6.42 Å². The van der Waals surface area contributed by atoms with Crippen molar-refractivity contribution in [1.82, 2.24) is 10.2 Å². The molecule has 0 unspecified atom stereocenters. The average Bonchev–Trinajstić information content (AvgIpc) is 2.11. The third-order valence-corrected chi connectivity index (χ3v) is 3.74. The van der Waals surface area contributed by atoms with Crippen LogP contribution in [0.1, 0.15) is 12.8 Å². The van der Waals surface area contributed by atoms with Gasteiger partial charge in [0.1, 0.15) is 0 Å². The van der Waals surface area contributed by atoms with E-state index in [2.05, 4.69) is 32.2 Å². The van der Waals surface area contributed by atoms with Gasteiger partial charge in [0.2, 0.25) is 0 Å². The molecule has 0 bridgehead atoms. The van der Waals surface area contributed by atoms with Crippen LogP contribution in [0.25, 0.3) is 0 Å². The highest BCUT2D eigenvalue weighted by Gasteiger charge is 2.44. The molecule has 0 aromatic heterocycles. The van der Waals surface area contributed by atoms with Crippen LogP contribution in [0.4, 0.5) is 0 Å². The van der Waals surface area contributed by atoms with Gasteiger partial charge in [-0.1, -0.05) is 22.0 Å². The first-order chi connectivity index (χ1) is 7.12. The highest BCUT2D eigenvalue weighted by molar-refractivity contribution is 9.11. The predicted octanol–water partition coefficient (Wildman–Crippen LogP) is 0.788. The van der Waals surface area contributed by atoms with Crippen molar-refractivity contribution in [3.63, 3.8) is 0 Å². The van der Waals surface area contributed by atoms with Crippen LogP contribution in [0.3, 0.4) is 0 Å². The zero-order valence-electron chi connectivity index (χ0n) is 8.50. The van der Waals surface area contributed by atoms with Crippen LogP contribution in [0.2, 0.25) is 0 Å². The Morgan fingerprint density at radius 2 is 2.40 bits per heavy atom. The first kappa shape index (κ1) is 11.1. The minimum atomic E-state index is -0.706. The molecule has 15 heavy (non-hydrogen) atoms. The predicted molar refractivity (Wildman–Crippen MR) is 61.1 cm³/mol. The molecule has 0 radical (unpaired) electrons. The minimum absolute atomic E-state index is 0.154. The van der Waals surface area contributed by atoms with Gasteiger partial charge in [-0.25, -0.2) is 0 Å². The number of carboxylic acids is 1. The maximum Gasteiger partial charge on any atom is 0.305 e. The van der Waals surface area contributed by atoms with Crippen molar-refractivity contribution in [2.24, 2.45) is 0 Å². The summed E-state index contributed by atoms with van der Waals surface area (Å²) < 4.78 is 1.17. The molecule has 2 aliphatic heterocycles. The summed E-state index contributed by atoms with van der Waals surface area (Å²) >= 11 is 3.49. The van der Waals surface area contributed by atoms with Crippen LogP contribution in [0.15, 0.2) is 10.6 Å². The van der Waals surface area contributed by atoms with Crippen LogP contribution < -0.4 is 5.32 Å². The maximum absolute atomic E-state index is 10.9. The van der Waals surface area contributed by atoms with E-state index in [0.29, 0.717) is 0 Å². The third-order valence-electron chi connectivity index (χ3n) is 3.17. The van der Waals surface area contributed by atoms with Crippen LogP contribution in [-0.4, -0.2) is 47.7 Å². The standard InChI is InChI=1S/C10H15BrN2O2/c11-8-2-1-3-13(5-8)10(4-9(14)15)6-12-7-10/h2,12H,1,3-7H2,(H,14,15). The first-order valence-electron chi connectivity index (χ1n) is 5.14. The van der Waals surface area contributed by atoms with Crippen molar-refractivity contribution in [3.05, 3.63) is 10.6 Å². The fourth-order valence-corrected chi connectivity index (χ4v) is 2.79. The monoisotopic (exact) mass is 274 g/mol. The van der Waals surface area contributed by atoms with E-state index < -0.39 is 5.97 Å². The summed E-state index contributed by atoms with van der Waals surface area (Å²) in [6, 6.07) is 0. The molecule has 0 aliphatic carbocycles. The number of nitrogens with one attached hydrogen (secondary N) is 1. The summed E-state index contributed by atoms with van der Waals surface area (Å²) in [4.78, 5) is 13.1. The summed E-state index contributed by atoms with van der Waals surface area (Å²) in [5.41, 5.74) is -0.154. The fourth-order valence-electron chi connectivity index (χ4n) is 2.26. The van der Waals surface area contributed by atoms with E-state index in [9.17, 15) is 4.79 Å². The SMILES string of the molecule is O=C(O)CC1(N2CCC=C(Br)C2)CNC1. The Labute approximate surface area is 97.5 Å². The number of rotatable bonds is 3. The molecule has 0 aromatic carbocycles. The molecule has 2 rings (SSSR count). The second kappa shape index (κ2) is 4.23. The van der Waals surface area contributed by atoms with Crippen molar-refractivity contribution in [2.75, 3.05) is 26.2 Å². The van der Waals surface area contributed by atoms with Gasteiger partial charge < -0.3 is 10.4 Å². The number of nitrogens with zero attached hydrogens (tertiary/aromatic N) is 1. The molecule has 0 amide bonds. The highest BCUT2D eigenvalue weighted by Crippen LogP contribution is 2.29. The molecule has 84 valence electrons. The molecular weight excluding hydrogens is 260 g/mol. The van der Waals surface area contributed by atoms with Crippen LogP contribution in [0.5, 0.6) is 0 Å². The average molecular weight is 275 g/mol. The van der Waals surface area contributed by atoms with Crippen LogP contribution in [-0.2, 0) is 4.79 Å². The van der Waals surface area contributed by atoms with E-state index in [-0.39, 0.29) is 12.0 Å². The number of carboxylic acid groups (broad SMARTS) is 1. The topological polar surface area (TPSA) is 52.6 Å². The van der Waals surface area contributed by atoms with E-state index >= 15 is 0 Å². The zero-order chi connectivity index (χ0) is 10.9. The zero-order valence-corrected chi connectivity index (χ0v) is 10.1. The highest BCUT2D eigenvalue weighted by atomic mass is 79.9. The van der Waals surface area contributed by atoms with Gasteiger partial charge in [-0.3, -0.25) is 9.69 Å². The Morgan fingerprint density at radius 1 is 1.67 bits per heavy atom. The number of aliphatic carboxylic acids is 1. The lowest BCUT2D eigenvalue weighted by Gasteiger charge is -2.51. The number of hydrogen-bond acceptors (Lipinski definition) is 3. The molecule has 0 saturated carbocycles. The number of hydrogen-bond donors (Lipinski definition) is 2. The summed E-state index contributed by atoms with van der Waals surface area (Å²) in [5.74, 6) is -0.706. The van der Waals surface area contributed by atoms with E-state index in [1.165, 1.54) is 4.48 Å². The molecule has 5 heteroatoms. The minimum Gasteiger partial charge on any atom is -0.481 e. The molecule has 0 aromatic rings. The van der Waals surface area contributed by atoms with Gasteiger partial charge in [-0.2, -0.15) is 0 Å². The molecule has 1 fully saturated rings. The van der Waals surface area contributed by atoms with E-state index in [1.807, 2.05) is 0 Å². The summed E-state index contributed by atoms with van der Waals surface area (Å²) in [6.07, 6.45) is 3.40. The quantitative estimate of drug-likeness (QED) is 0.799. The van der Waals surface area contributed by atoms with Gasteiger partial charge in [0.15, 0.2) is 0 Å². The lowest BCUT2D eigenvalue weighted by atomic mass is 9.85. The Balaban J connectivity index is 2.06. The third kappa shape index (κ3) is 2.24. The van der Waals surface area contributed by atoms with Crippen molar-refractivity contribution < 1.29 is 9.90 Å². The second-order valence-corrected chi connectivity index (χ2v) is 5.28. The molecule has 1 saturated heterocycles. The largest absolute Gasteiger partial charge is 0.481 e. The Kier molecular flexibility index (Phi) is 3.13. The Hall–Kier alpha value is -0.390. The summed E-state index contributed by atoms with van der Waals surface area (Å²) in [5, 5.41) is 12.1. The maximum atomic E-state index is 10.9. The summed E-state index contributed by atoms with van der Waals surface area (Å²) in [6.45, 7) is 3.39. The van der Waals surface area contributed by atoms with Gasteiger partial charge in [-0.15, -0.1) is 0 Å². The molecular formula is C10H15BrN2O2. The van der Waals surface area contributed by atoms with Gasteiger partial charge in [0, 0.05) is 30.7 Å². The second-order valence-electron chi connectivity index (χ2n) is 4.26. The molecule has 2 N–H and O–H groups in total. The number of carbonyl (C=O) groups is 1. The van der Waals surface area contributed by atoms with Crippen LogP contribution in [0, 0.1) is 0 Å². The Morgan fingerprint density at radius 3 is 2.87 bits per heavy atom. The van der Waals surface area contributed by atoms with E-state index in [4.69, 9.17) is 5.11 Å². The first-order valence-corrected chi connectivity index (χ1v) is 5.94. The summed E-state index contributed by atoms with van der Waals surface area (Å²) in [7, 11) is 0. The lowest BCUT2D eigenvalue weighted by molar-refractivity contribution is -0.141. The van der Waals surface area contributed by atoms with Gasteiger partial charge in [0.25, 0.3) is 0 Å².